The van der Waals surface area contributed by atoms with Gasteiger partial charge in [-0.1, -0.05) is 140 Å². The zero-order valence-electron chi connectivity index (χ0n) is 30.3. The zero-order chi connectivity index (χ0) is 36.7. The van der Waals surface area contributed by atoms with E-state index in [4.69, 9.17) is 19.4 Å². The van der Waals surface area contributed by atoms with Gasteiger partial charge in [-0.3, -0.25) is 0 Å². The number of benzene rings is 6. The van der Waals surface area contributed by atoms with E-state index in [0.717, 1.165) is 50.9 Å². The Balaban J connectivity index is 1.00. The monoisotopic (exact) mass is 735 g/mol. The SMILES string of the molecule is C1=CCC(c2nc(C3=CC4C=Cc5ccccc5C4C=C3)nc(-c3cccc4oc5cc(-c6cc7c8ccccc8sc7c7ccccc67)ccc5c34)n2)C=C1. The second-order valence-electron chi connectivity index (χ2n) is 15.0. The first kappa shape index (κ1) is 31.6. The first-order valence-corrected chi connectivity index (χ1v) is 20.1. The molecule has 3 aliphatic carbocycles. The third kappa shape index (κ3) is 4.94. The molecule has 0 spiro atoms. The fraction of sp³-hybridized carbons (Fsp3) is 0.0784. The second-order valence-corrected chi connectivity index (χ2v) is 16.1. The van der Waals surface area contributed by atoms with E-state index in [1.54, 1.807) is 0 Å². The van der Waals surface area contributed by atoms with Crippen molar-refractivity contribution in [2.45, 2.75) is 18.3 Å². The van der Waals surface area contributed by atoms with Gasteiger partial charge >= 0.3 is 0 Å². The number of rotatable bonds is 4. The lowest BCUT2D eigenvalue weighted by molar-refractivity contribution is 0.669. The van der Waals surface area contributed by atoms with Crippen molar-refractivity contribution in [1.29, 1.82) is 0 Å². The molecule has 0 bridgehead atoms. The highest BCUT2D eigenvalue weighted by atomic mass is 32.1. The highest BCUT2D eigenvalue weighted by Gasteiger charge is 2.27. The molecule has 6 aromatic carbocycles. The summed E-state index contributed by atoms with van der Waals surface area (Å²) in [7, 11) is 0. The minimum Gasteiger partial charge on any atom is -0.456 e. The molecular weight excluding hydrogens is 703 g/mol. The Morgan fingerprint density at radius 3 is 2.39 bits per heavy atom. The Bertz CT molecular complexity index is 3260. The van der Waals surface area contributed by atoms with Crippen LogP contribution in [-0.4, -0.2) is 15.0 Å². The average Bonchev–Trinajstić information content (AvgIpc) is 3.84. The van der Waals surface area contributed by atoms with E-state index in [9.17, 15) is 0 Å². The third-order valence-corrected chi connectivity index (χ3v) is 13.0. The Morgan fingerprint density at radius 2 is 1.46 bits per heavy atom. The number of hydrogen-bond acceptors (Lipinski definition) is 5. The summed E-state index contributed by atoms with van der Waals surface area (Å²) in [5.74, 6) is 2.74. The van der Waals surface area contributed by atoms with Gasteiger partial charge in [-0.05, 0) is 64.4 Å². The van der Waals surface area contributed by atoms with Gasteiger partial charge in [0.1, 0.15) is 17.0 Å². The Labute approximate surface area is 327 Å². The van der Waals surface area contributed by atoms with Gasteiger partial charge < -0.3 is 4.42 Å². The minimum absolute atomic E-state index is 0.0678. The molecule has 4 nitrogen and oxygen atoms in total. The molecule has 0 amide bonds. The fourth-order valence-corrected chi connectivity index (χ4v) is 10.3. The highest BCUT2D eigenvalue weighted by Crippen LogP contribution is 2.45. The molecule has 3 atom stereocenters. The standard InChI is InChI=1S/C51H33N3OS/c1-2-12-31(13-3-1)49-52-50(34-24-25-36-32(27-34)22-21-30-11-4-5-14-35(30)36)54-51(53-49)41-18-10-19-44-47(41)40-26-23-33(28-45(40)55-44)42-29-43-38-16-8-9-20-46(38)56-48(43)39-17-7-6-15-37(39)42/h1-12,14-29,31-32,36H,13H2. The van der Waals surface area contributed by atoms with Crippen LogP contribution < -0.4 is 0 Å². The Morgan fingerprint density at radius 1 is 0.607 bits per heavy atom. The largest absolute Gasteiger partial charge is 0.456 e. The fourth-order valence-electron chi connectivity index (χ4n) is 9.06. The van der Waals surface area contributed by atoms with Gasteiger partial charge in [-0.25, -0.2) is 15.0 Å². The van der Waals surface area contributed by atoms with Crippen molar-refractivity contribution < 1.29 is 4.42 Å². The van der Waals surface area contributed by atoms with Gasteiger partial charge in [0.15, 0.2) is 11.6 Å². The van der Waals surface area contributed by atoms with Crippen molar-refractivity contribution in [2.24, 2.45) is 5.92 Å². The van der Waals surface area contributed by atoms with Crippen LogP contribution in [0.3, 0.4) is 0 Å². The second kappa shape index (κ2) is 12.4. The van der Waals surface area contributed by atoms with E-state index >= 15 is 0 Å². The molecule has 0 radical (unpaired) electrons. The van der Waals surface area contributed by atoms with Crippen molar-refractivity contribution in [3.63, 3.8) is 0 Å². The number of furan rings is 1. The van der Waals surface area contributed by atoms with E-state index in [-0.39, 0.29) is 11.8 Å². The Hall–Kier alpha value is -6.69. The summed E-state index contributed by atoms with van der Waals surface area (Å²) in [5, 5.41) is 7.16. The molecule has 0 fully saturated rings. The van der Waals surface area contributed by atoms with E-state index < -0.39 is 0 Å². The lowest BCUT2D eigenvalue weighted by Crippen LogP contribution is -2.16. The van der Waals surface area contributed by atoms with Crippen LogP contribution in [0.5, 0.6) is 0 Å². The van der Waals surface area contributed by atoms with Crippen LogP contribution in [0.2, 0.25) is 0 Å². The Kier molecular flexibility index (Phi) is 7.02. The van der Waals surface area contributed by atoms with Gasteiger partial charge in [0.25, 0.3) is 0 Å². The molecule has 3 aliphatic rings. The van der Waals surface area contributed by atoms with Crippen molar-refractivity contribution in [2.75, 3.05) is 0 Å². The maximum absolute atomic E-state index is 6.69. The molecule has 3 unspecified atom stereocenters. The minimum atomic E-state index is 0.0678. The van der Waals surface area contributed by atoms with Gasteiger partial charge in [-0.15, -0.1) is 11.3 Å². The first-order chi connectivity index (χ1) is 27.7. The number of nitrogens with zero attached hydrogens (tertiary/aromatic N) is 3. The maximum Gasteiger partial charge on any atom is 0.164 e. The topological polar surface area (TPSA) is 51.8 Å². The summed E-state index contributed by atoms with van der Waals surface area (Å²) in [6.07, 6.45) is 20.8. The predicted molar refractivity (Wildman–Crippen MR) is 233 cm³/mol. The van der Waals surface area contributed by atoms with Crippen molar-refractivity contribution in [3.05, 3.63) is 187 Å². The smallest absolute Gasteiger partial charge is 0.164 e. The molecule has 0 N–H and O–H groups in total. The molecule has 0 saturated heterocycles. The lowest BCUT2D eigenvalue weighted by Gasteiger charge is -2.28. The van der Waals surface area contributed by atoms with Crippen LogP contribution in [-0.2, 0) is 0 Å². The van der Waals surface area contributed by atoms with Gasteiger partial charge in [0, 0.05) is 65.2 Å². The molecule has 5 heteroatoms. The molecular formula is C51H33N3OS. The number of aromatic nitrogens is 3. The van der Waals surface area contributed by atoms with Gasteiger partial charge in [0.05, 0.1) is 0 Å². The van der Waals surface area contributed by atoms with Crippen molar-refractivity contribution in [1.82, 2.24) is 15.0 Å². The zero-order valence-corrected chi connectivity index (χ0v) is 31.1. The normalized spacial score (nSPS) is 18.6. The molecule has 3 heterocycles. The summed E-state index contributed by atoms with van der Waals surface area (Å²) in [4.78, 5) is 15.6. The molecule has 264 valence electrons. The predicted octanol–water partition coefficient (Wildman–Crippen LogP) is 13.6. The lowest BCUT2D eigenvalue weighted by atomic mass is 9.76. The molecule has 0 saturated carbocycles. The number of hydrogen-bond donors (Lipinski definition) is 0. The number of fused-ring (bicyclic) bond motifs is 11. The summed E-state index contributed by atoms with van der Waals surface area (Å²) < 4.78 is 9.33. The first-order valence-electron chi connectivity index (χ1n) is 19.3. The van der Waals surface area contributed by atoms with E-state index in [0.29, 0.717) is 17.6 Å². The summed E-state index contributed by atoms with van der Waals surface area (Å²) in [6.45, 7) is 0. The number of allylic oxidation sites excluding steroid dienone is 9. The third-order valence-electron chi connectivity index (χ3n) is 11.8. The quantitative estimate of drug-likeness (QED) is 0.181. The summed E-state index contributed by atoms with van der Waals surface area (Å²) >= 11 is 1.87. The molecule has 3 aromatic heterocycles. The van der Waals surface area contributed by atoms with E-state index in [2.05, 4.69) is 164 Å². The van der Waals surface area contributed by atoms with Crippen LogP contribution in [0.4, 0.5) is 0 Å². The molecule has 12 rings (SSSR count). The van der Waals surface area contributed by atoms with Gasteiger partial charge in [0.2, 0.25) is 0 Å². The molecule has 56 heavy (non-hydrogen) atoms. The maximum atomic E-state index is 6.69. The highest BCUT2D eigenvalue weighted by molar-refractivity contribution is 7.26. The van der Waals surface area contributed by atoms with Crippen LogP contribution in [0, 0.1) is 5.92 Å². The van der Waals surface area contributed by atoms with Gasteiger partial charge in [-0.2, -0.15) is 0 Å². The van der Waals surface area contributed by atoms with E-state index in [1.807, 2.05) is 17.4 Å². The van der Waals surface area contributed by atoms with Crippen molar-refractivity contribution in [3.8, 4) is 22.5 Å². The van der Waals surface area contributed by atoms with Crippen LogP contribution >= 0.6 is 11.3 Å². The van der Waals surface area contributed by atoms with Crippen LogP contribution in [0.25, 0.3) is 87.0 Å². The summed E-state index contributed by atoms with van der Waals surface area (Å²) in [6, 6.07) is 41.4. The molecule has 0 aliphatic heterocycles. The van der Waals surface area contributed by atoms with Crippen LogP contribution in [0.1, 0.15) is 41.0 Å². The number of thiophene rings is 1. The summed E-state index contributed by atoms with van der Waals surface area (Å²) in [5.41, 5.74) is 8.59. The molecule has 9 aromatic rings. The van der Waals surface area contributed by atoms with E-state index in [1.165, 1.54) is 47.6 Å². The van der Waals surface area contributed by atoms with Crippen LogP contribution in [0.15, 0.2) is 168 Å². The average molecular weight is 736 g/mol. The van der Waals surface area contributed by atoms with Crippen molar-refractivity contribution >= 4 is 75.9 Å².